The maximum atomic E-state index is 12.9. The van der Waals surface area contributed by atoms with Crippen molar-refractivity contribution in [2.45, 2.75) is 258 Å². The van der Waals surface area contributed by atoms with E-state index < -0.39 is 6.10 Å². The van der Waals surface area contributed by atoms with Gasteiger partial charge in [-0.15, -0.1) is 0 Å². The summed E-state index contributed by atoms with van der Waals surface area (Å²) in [6, 6.07) is 0. The van der Waals surface area contributed by atoms with Crippen LogP contribution in [-0.4, -0.2) is 37.9 Å². The van der Waals surface area contributed by atoms with Crippen LogP contribution >= 0.6 is 0 Å². The largest absolute Gasteiger partial charge is 0.462 e. The van der Waals surface area contributed by atoms with Crippen LogP contribution in [0.1, 0.15) is 252 Å². The number of hydrogen-bond donors (Lipinski definition) is 0. The first kappa shape index (κ1) is 64.6. The van der Waals surface area contributed by atoms with Gasteiger partial charge in [0, 0.05) is 19.4 Å². The van der Waals surface area contributed by atoms with Crippen LogP contribution in [0.4, 0.5) is 0 Å². The molecule has 0 aliphatic carbocycles. The summed E-state index contributed by atoms with van der Waals surface area (Å²) in [6.45, 7) is 7.60. The maximum absolute atomic E-state index is 12.9. The Morgan fingerprint density at radius 1 is 0.338 bits per heavy atom. The number of carbonyl (C=O) groups excluding carboxylic acids is 2. The van der Waals surface area contributed by atoms with Crippen LogP contribution in [0.3, 0.4) is 0 Å². The summed E-state index contributed by atoms with van der Waals surface area (Å²) in [5.41, 5.74) is 0. The number of esters is 2. The summed E-state index contributed by atoms with van der Waals surface area (Å²) in [7, 11) is 0. The van der Waals surface area contributed by atoms with Gasteiger partial charge in [-0.1, -0.05) is 220 Å². The molecule has 0 saturated carbocycles. The monoisotopic (exact) mass is 943 g/mol. The zero-order valence-electron chi connectivity index (χ0n) is 44.6. The normalized spacial score (nSPS) is 13.0. The van der Waals surface area contributed by atoms with Crippen molar-refractivity contribution in [3.05, 3.63) is 109 Å². The predicted molar refractivity (Wildman–Crippen MR) is 297 cm³/mol. The van der Waals surface area contributed by atoms with E-state index in [0.29, 0.717) is 19.4 Å². The van der Waals surface area contributed by atoms with E-state index in [-0.39, 0.29) is 25.2 Å². The summed E-state index contributed by atoms with van der Waals surface area (Å²) in [5, 5.41) is 0. The van der Waals surface area contributed by atoms with Crippen molar-refractivity contribution >= 4 is 11.9 Å². The lowest BCUT2D eigenvalue weighted by atomic mass is 10.1. The highest BCUT2D eigenvalue weighted by molar-refractivity contribution is 5.70. The fourth-order valence-corrected chi connectivity index (χ4v) is 7.54. The van der Waals surface area contributed by atoms with E-state index in [1.54, 1.807) is 0 Å². The zero-order chi connectivity index (χ0) is 49.2. The molecule has 0 aromatic rings. The molecular weight excluding hydrogens is 837 g/mol. The fraction of sp³-hybridized carbons (Fsp3) is 0.683. The van der Waals surface area contributed by atoms with E-state index in [0.717, 1.165) is 103 Å². The van der Waals surface area contributed by atoms with Gasteiger partial charge in [0.25, 0.3) is 0 Å². The van der Waals surface area contributed by atoms with Gasteiger partial charge in [0.15, 0.2) is 6.10 Å². The number of ether oxygens (including phenoxy) is 3. The van der Waals surface area contributed by atoms with Crippen LogP contribution in [0.15, 0.2) is 109 Å². The van der Waals surface area contributed by atoms with Crippen molar-refractivity contribution in [2.75, 3.05) is 19.8 Å². The van der Waals surface area contributed by atoms with Crippen molar-refractivity contribution in [3.63, 3.8) is 0 Å². The smallest absolute Gasteiger partial charge is 0.306 e. The summed E-state index contributed by atoms with van der Waals surface area (Å²) < 4.78 is 17.4. The molecule has 388 valence electrons. The third-order valence-electron chi connectivity index (χ3n) is 11.8. The van der Waals surface area contributed by atoms with E-state index in [9.17, 15) is 9.59 Å². The second kappa shape index (κ2) is 57.9. The van der Waals surface area contributed by atoms with Crippen molar-refractivity contribution in [3.8, 4) is 0 Å². The Bertz CT molecular complexity index is 1340. The van der Waals surface area contributed by atoms with Gasteiger partial charge in [0.2, 0.25) is 0 Å². The maximum Gasteiger partial charge on any atom is 0.306 e. The SMILES string of the molecule is CC/C=C\C/C=C\C/C=C\C/C=C\C/C=C\CCCCCC(=O)OCC(COCCCCCCCC/C=C\C/C=C\CCCCC)OC(=O)CCCCCCCCC/C=C\C/C=C\CCCCC. The molecule has 0 saturated heterocycles. The quantitative estimate of drug-likeness (QED) is 0.0345. The minimum absolute atomic E-state index is 0.0548. The first-order valence-electron chi connectivity index (χ1n) is 28.4. The number of unbranched alkanes of at least 4 members (excludes halogenated alkanes) is 22. The van der Waals surface area contributed by atoms with Crippen LogP contribution in [0.2, 0.25) is 0 Å². The lowest BCUT2D eigenvalue weighted by Gasteiger charge is -2.18. The van der Waals surface area contributed by atoms with E-state index in [1.807, 2.05) is 0 Å². The molecule has 0 spiro atoms. The summed E-state index contributed by atoms with van der Waals surface area (Å²) >= 11 is 0. The van der Waals surface area contributed by atoms with Crippen LogP contribution in [-0.2, 0) is 23.8 Å². The van der Waals surface area contributed by atoms with Crippen LogP contribution in [0.25, 0.3) is 0 Å². The third-order valence-corrected chi connectivity index (χ3v) is 11.8. The summed E-state index contributed by atoms with van der Waals surface area (Å²) in [5.74, 6) is -0.451. The lowest BCUT2D eigenvalue weighted by Crippen LogP contribution is -2.30. The summed E-state index contributed by atoms with van der Waals surface area (Å²) in [6.07, 6.45) is 79.6. The average Bonchev–Trinajstić information content (AvgIpc) is 3.34. The highest BCUT2D eigenvalue weighted by atomic mass is 16.6. The first-order valence-corrected chi connectivity index (χ1v) is 28.4. The molecule has 0 amide bonds. The molecule has 5 heteroatoms. The molecule has 0 aliphatic heterocycles. The molecule has 68 heavy (non-hydrogen) atoms. The minimum atomic E-state index is -0.567. The van der Waals surface area contributed by atoms with Crippen molar-refractivity contribution in [1.29, 1.82) is 0 Å². The van der Waals surface area contributed by atoms with Gasteiger partial charge in [0.1, 0.15) is 6.61 Å². The Hall–Kier alpha value is -3.44. The Balaban J connectivity index is 4.39. The zero-order valence-corrected chi connectivity index (χ0v) is 44.6. The molecule has 0 heterocycles. The molecule has 0 fully saturated rings. The fourth-order valence-electron chi connectivity index (χ4n) is 7.54. The standard InChI is InChI=1S/C63H106O5/c1-4-7-10-13-16-19-22-25-28-31-32-34-35-38-41-44-47-50-53-56-62(64)67-60-61(59-66-58-55-52-49-46-43-40-37-30-27-24-21-18-15-12-9-6-3)68-63(65)57-54-51-48-45-42-39-36-33-29-26-23-20-17-14-11-8-5-2/h7,10,16-21,25-30,32,34,38,41,61H,4-6,8-9,11-15,22-24,31,33,35-37,39-40,42-60H2,1-3H3/b10-7-,19-16-,20-17-,21-18-,28-25-,29-26-,30-27-,34-32-,41-38-. The van der Waals surface area contributed by atoms with Crippen molar-refractivity contribution in [2.24, 2.45) is 0 Å². The van der Waals surface area contributed by atoms with Gasteiger partial charge in [-0.25, -0.2) is 0 Å². The van der Waals surface area contributed by atoms with Gasteiger partial charge in [0.05, 0.1) is 6.61 Å². The van der Waals surface area contributed by atoms with Gasteiger partial charge in [-0.2, -0.15) is 0 Å². The molecule has 0 aliphatic rings. The van der Waals surface area contributed by atoms with Gasteiger partial charge < -0.3 is 14.2 Å². The van der Waals surface area contributed by atoms with Crippen LogP contribution < -0.4 is 0 Å². The summed E-state index contributed by atoms with van der Waals surface area (Å²) in [4.78, 5) is 25.5. The first-order chi connectivity index (χ1) is 33.6. The molecule has 0 bridgehead atoms. The Morgan fingerprint density at radius 2 is 0.662 bits per heavy atom. The minimum Gasteiger partial charge on any atom is -0.462 e. The molecule has 0 radical (unpaired) electrons. The topological polar surface area (TPSA) is 61.8 Å². The Morgan fingerprint density at radius 3 is 1.07 bits per heavy atom. The lowest BCUT2D eigenvalue weighted by molar-refractivity contribution is -0.163. The van der Waals surface area contributed by atoms with Gasteiger partial charge in [-0.05, 0) is 128 Å². The predicted octanol–water partition coefficient (Wildman–Crippen LogP) is 19.6. The number of allylic oxidation sites excluding steroid dienone is 18. The third kappa shape index (κ3) is 55.2. The van der Waals surface area contributed by atoms with E-state index in [4.69, 9.17) is 14.2 Å². The van der Waals surface area contributed by atoms with E-state index in [1.165, 1.54) is 116 Å². The second-order valence-electron chi connectivity index (χ2n) is 18.4. The highest BCUT2D eigenvalue weighted by Crippen LogP contribution is 2.13. The molecule has 1 unspecified atom stereocenters. The van der Waals surface area contributed by atoms with E-state index >= 15 is 0 Å². The molecule has 0 aromatic heterocycles. The van der Waals surface area contributed by atoms with E-state index in [2.05, 4.69) is 130 Å². The second-order valence-corrected chi connectivity index (χ2v) is 18.4. The Kier molecular flexibility index (Phi) is 54.9. The molecule has 1 atom stereocenters. The average molecular weight is 944 g/mol. The van der Waals surface area contributed by atoms with Crippen molar-refractivity contribution < 1.29 is 23.8 Å². The van der Waals surface area contributed by atoms with Crippen LogP contribution in [0.5, 0.6) is 0 Å². The van der Waals surface area contributed by atoms with Crippen LogP contribution in [0, 0.1) is 0 Å². The molecule has 5 nitrogen and oxygen atoms in total. The number of carbonyl (C=O) groups is 2. The highest BCUT2D eigenvalue weighted by Gasteiger charge is 2.17. The van der Waals surface area contributed by atoms with Crippen molar-refractivity contribution in [1.82, 2.24) is 0 Å². The molecule has 0 aromatic carbocycles. The number of rotatable bonds is 51. The molecule has 0 rings (SSSR count). The molecular formula is C63H106O5. The Labute approximate surface area is 421 Å². The molecule has 0 N–H and O–H groups in total. The van der Waals surface area contributed by atoms with Gasteiger partial charge in [-0.3, -0.25) is 9.59 Å². The number of hydrogen-bond acceptors (Lipinski definition) is 5. The van der Waals surface area contributed by atoms with Gasteiger partial charge >= 0.3 is 11.9 Å².